The second-order valence-corrected chi connectivity index (χ2v) is 5.54. The van der Waals surface area contributed by atoms with Crippen LogP contribution in [0.4, 0.5) is 0 Å². The Labute approximate surface area is 125 Å². The monoisotopic (exact) mass is 280 g/mol. The predicted octanol–water partition coefficient (Wildman–Crippen LogP) is 2.84. The Morgan fingerprint density at radius 3 is 1.86 bits per heavy atom. The third kappa shape index (κ3) is 2.75. The standard InChI is InChI=1S/C17H20N4/c1-13-4-6-14(7-5-13)12-15(16-18-8-10-20(16)2)17-19-9-11-21(17)3/h4-11,15H,12H2,1-3H3. The van der Waals surface area contributed by atoms with Gasteiger partial charge in [0.2, 0.25) is 0 Å². The highest BCUT2D eigenvalue weighted by atomic mass is 15.1. The number of rotatable bonds is 4. The van der Waals surface area contributed by atoms with E-state index in [1.165, 1.54) is 11.1 Å². The van der Waals surface area contributed by atoms with Gasteiger partial charge in [-0.15, -0.1) is 0 Å². The van der Waals surface area contributed by atoms with Gasteiger partial charge in [-0.05, 0) is 18.9 Å². The van der Waals surface area contributed by atoms with E-state index in [0.717, 1.165) is 18.1 Å². The molecule has 0 radical (unpaired) electrons. The van der Waals surface area contributed by atoms with Crippen molar-refractivity contribution in [1.29, 1.82) is 0 Å². The zero-order chi connectivity index (χ0) is 14.8. The molecular weight excluding hydrogens is 260 g/mol. The Morgan fingerprint density at radius 2 is 1.43 bits per heavy atom. The maximum Gasteiger partial charge on any atom is 0.119 e. The molecule has 0 aliphatic heterocycles. The molecule has 108 valence electrons. The first-order valence-corrected chi connectivity index (χ1v) is 7.15. The van der Waals surface area contributed by atoms with Gasteiger partial charge >= 0.3 is 0 Å². The Bertz CT molecular complexity index is 681. The largest absolute Gasteiger partial charge is 0.337 e. The van der Waals surface area contributed by atoms with Crippen LogP contribution in [-0.2, 0) is 20.5 Å². The molecule has 3 aromatic rings. The van der Waals surface area contributed by atoms with Crippen LogP contribution in [0.15, 0.2) is 49.1 Å². The molecule has 0 aliphatic rings. The first-order valence-electron chi connectivity index (χ1n) is 7.15. The van der Waals surface area contributed by atoms with Crippen LogP contribution in [0.3, 0.4) is 0 Å². The number of imidazole rings is 2. The lowest BCUT2D eigenvalue weighted by atomic mass is 9.97. The van der Waals surface area contributed by atoms with Crippen molar-refractivity contribution < 1.29 is 0 Å². The molecular formula is C17H20N4. The highest BCUT2D eigenvalue weighted by Gasteiger charge is 2.22. The van der Waals surface area contributed by atoms with Crippen LogP contribution in [0.25, 0.3) is 0 Å². The molecule has 0 amide bonds. The van der Waals surface area contributed by atoms with Gasteiger partial charge in [-0.2, -0.15) is 0 Å². The van der Waals surface area contributed by atoms with Crippen LogP contribution in [0, 0.1) is 6.92 Å². The van der Waals surface area contributed by atoms with Gasteiger partial charge in [0.05, 0.1) is 5.92 Å². The van der Waals surface area contributed by atoms with Gasteiger partial charge in [-0.1, -0.05) is 29.8 Å². The first-order chi connectivity index (χ1) is 10.1. The van der Waals surface area contributed by atoms with Crippen LogP contribution < -0.4 is 0 Å². The van der Waals surface area contributed by atoms with Crippen LogP contribution in [0.5, 0.6) is 0 Å². The summed E-state index contributed by atoms with van der Waals surface area (Å²) in [5, 5.41) is 0. The van der Waals surface area contributed by atoms with E-state index in [0.29, 0.717) is 0 Å². The summed E-state index contributed by atoms with van der Waals surface area (Å²) in [6.45, 7) is 2.11. The van der Waals surface area contributed by atoms with Crippen molar-refractivity contribution in [2.75, 3.05) is 0 Å². The van der Waals surface area contributed by atoms with E-state index in [1.54, 1.807) is 0 Å². The molecule has 4 heteroatoms. The Kier molecular flexibility index (Phi) is 3.60. The highest BCUT2D eigenvalue weighted by molar-refractivity contribution is 5.26. The summed E-state index contributed by atoms with van der Waals surface area (Å²) in [4.78, 5) is 9.07. The fraction of sp³-hybridized carbons (Fsp3) is 0.294. The number of aromatic nitrogens is 4. The zero-order valence-corrected chi connectivity index (χ0v) is 12.7. The van der Waals surface area contributed by atoms with Crippen molar-refractivity contribution >= 4 is 0 Å². The maximum atomic E-state index is 4.54. The lowest BCUT2D eigenvalue weighted by Crippen LogP contribution is -2.15. The smallest absolute Gasteiger partial charge is 0.119 e. The van der Waals surface area contributed by atoms with Crippen LogP contribution in [0.2, 0.25) is 0 Å². The minimum absolute atomic E-state index is 0.160. The fourth-order valence-corrected chi connectivity index (χ4v) is 2.68. The summed E-state index contributed by atoms with van der Waals surface area (Å²) in [6, 6.07) is 8.69. The van der Waals surface area contributed by atoms with E-state index in [4.69, 9.17) is 0 Å². The number of nitrogens with zero attached hydrogens (tertiary/aromatic N) is 4. The Balaban J connectivity index is 1.99. The van der Waals surface area contributed by atoms with E-state index in [9.17, 15) is 0 Å². The minimum Gasteiger partial charge on any atom is -0.337 e. The molecule has 2 aromatic heterocycles. The molecule has 0 bridgehead atoms. The summed E-state index contributed by atoms with van der Waals surface area (Å²) in [5.41, 5.74) is 2.58. The van der Waals surface area contributed by atoms with Crippen LogP contribution in [0.1, 0.15) is 28.7 Å². The quantitative estimate of drug-likeness (QED) is 0.736. The molecule has 0 saturated carbocycles. The molecule has 0 N–H and O–H groups in total. The topological polar surface area (TPSA) is 35.6 Å². The van der Waals surface area contributed by atoms with E-state index < -0.39 is 0 Å². The van der Waals surface area contributed by atoms with E-state index in [-0.39, 0.29) is 5.92 Å². The molecule has 4 nitrogen and oxygen atoms in total. The van der Waals surface area contributed by atoms with Gasteiger partial charge in [0.15, 0.2) is 0 Å². The summed E-state index contributed by atoms with van der Waals surface area (Å²) in [5.74, 6) is 2.25. The summed E-state index contributed by atoms with van der Waals surface area (Å²) >= 11 is 0. The lowest BCUT2D eigenvalue weighted by molar-refractivity contribution is 0.626. The fourth-order valence-electron chi connectivity index (χ4n) is 2.68. The van der Waals surface area contributed by atoms with Gasteiger partial charge in [-0.25, -0.2) is 9.97 Å². The molecule has 21 heavy (non-hydrogen) atoms. The second-order valence-electron chi connectivity index (χ2n) is 5.54. The van der Waals surface area contributed by atoms with Gasteiger partial charge < -0.3 is 9.13 Å². The van der Waals surface area contributed by atoms with Crippen LogP contribution >= 0.6 is 0 Å². The molecule has 2 heterocycles. The molecule has 0 unspecified atom stereocenters. The van der Waals surface area contributed by atoms with E-state index >= 15 is 0 Å². The van der Waals surface area contributed by atoms with E-state index in [1.807, 2.05) is 38.9 Å². The molecule has 0 aliphatic carbocycles. The average Bonchev–Trinajstić information content (AvgIpc) is 3.07. The minimum atomic E-state index is 0.160. The average molecular weight is 280 g/mol. The first kappa shape index (κ1) is 13.6. The molecule has 0 saturated heterocycles. The van der Waals surface area contributed by atoms with Gasteiger partial charge in [0.1, 0.15) is 11.6 Å². The van der Waals surface area contributed by atoms with Crippen molar-refractivity contribution in [2.24, 2.45) is 14.1 Å². The number of hydrogen-bond acceptors (Lipinski definition) is 2. The summed E-state index contributed by atoms with van der Waals surface area (Å²) in [6.07, 6.45) is 8.57. The molecule has 0 atom stereocenters. The molecule has 0 fully saturated rings. The summed E-state index contributed by atoms with van der Waals surface area (Å²) < 4.78 is 4.15. The maximum absolute atomic E-state index is 4.54. The van der Waals surface area contributed by atoms with Crippen molar-refractivity contribution in [1.82, 2.24) is 19.1 Å². The van der Waals surface area contributed by atoms with Gasteiger partial charge in [0.25, 0.3) is 0 Å². The van der Waals surface area contributed by atoms with Crippen molar-refractivity contribution in [3.63, 3.8) is 0 Å². The highest BCUT2D eigenvalue weighted by Crippen LogP contribution is 2.26. The number of hydrogen-bond donors (Lipinski definition) is 0. The Morgan fingerprint density at radius 1 is 0.905 bits per heavy atom. The molecule has 0 spiro atoms. The molecule has 1 aromatic carbocycles. The zero-order valence-electron chi connectivity index (χ0n) is 12.7. The third-order valence-corrected chi connectivity index (χ3v) is 3.90. The van der Waals surface area contributed by atoms with E-state index in [2.05, 4.69) is 50.3 Å². The van der Waals surface area contributed by atoms with Gasteiger partial charge in [0, 0.05) is 38.9 Å². The second kappa shape index (κ2) is 5.56. The lowest BCUT2D eigenvalue weighted by Gasteiger charge is -2.17. The van der Waals surface area contributed by atoms with Crippen molar-refractivity contribution in [3.05, 3.63) is 71.8 Å². The van der Waals surface area contributed by atoms with Gasteiger partial charge in [-0.3, -0.25) is 0 Å². The summed E-state index contributed by atoms with van der Waals surface area (Å²) in [7, 11) is 4.07. The van der Waals surface area contributed by atoms with Crippen LogP contribution in [-0.4, -0.2) is 19.1 Å². The number of aryl methyl sites for hydroxylation is 3. The third-order valence-electron chi connectivity index (χ3n) is 3.90. The van der Waals surface area contributed by atoms with Crippen molar-refractivity contribution in [2.45, 2.75) is 19.3 Å². The normalized spacial score (nSPS) is 11.2. The van der Waals surface area contributed by atoms with Crippen molar-refractivity contribution in [3.8, 4) is 0 Å². The molecule has 3 rings (SSSR count). The number of benzene rings is 1. The SMILES string of the molecule is Cc1ccc(CC(c2nccn2C)c2nccn2C)cc1. The predicted molar refractivity (Wildman–Crippen MR) is 83.1 cm³/mol. The Hall–Kier alpha value is -2.36.